The third kappa shape index (κ3) is 3.33. The molecule has 0 aliphatic heterocycles. The van der Waals surface area contributed by atoms with Crippen LogP contribution in [-0.4, -0.2) is 28.2 Å². The molecule has 0 aliphatic rings. The second-order valence-corrected chi connectivity index (χ2v) is 2.61. The Labute approximate surface area is 97.4 Å². The first kappa shape index (κ1) is 14.7. The largest absolute Gasteiger partial charge is 0.500 e. The van der Waals surface area contributed by atoms with Crippen molar-refractivity contribution < 1.29 is 24.7 Å². The highest BCUT2D eigenvalue weighted by atomic mass is 16.6. The maximum atomic E-state index is 10.6. The van der Waals surface area contributed by atoms with E-state index in [1.807, 2.05) is 13.8 Å². The summed E-state index contributed by atoms with van der Waals surface area (Å²) < 4.78 is 4.61. The van der Waals surface area contributed by atoms with Crippen molar-refractivity contribution >= 4 is 11.7 Å². The van der Waals surface area contributed by atoms with Crippen LogP contribution in [0.2, 0.25) is 0 Å². The highest BCUT2D eigenvalue weighted by Crippen LogP contribution is 2.36. The molecule has 0 amide bonds. The summed E-state index contributed by atoms with van der Waals surface area (Å²) in [7, 11) is 1.17. The van der Waals surface area contributed by atoms with E-state index in [1.54, 1.807) is 0 Å². The van der Waals surface area contributed by atoms with Crippen molar-refractivity contribution in [2.45, 2.75) is 13.8 Å². The van der Waals surface area contributed by atoms with Gasteiger partial charge in [-0.15, -0.1) is 0 Å². The van der Waals surface area contributed by atoms with Gasteiger partial charge in [-0.1, -0.05) is 13.8 Å². The molecule has 0 fully saturated rings. The zero-order chi connectivity index (χ0) is 13.6. The Bertz CT molecular complexity index is 429. The average molecular weight is 243 g/mol. The van der Waals surface area contributed by atoms with E-state index >= 15 is 0 Å². The second-order valence-electron chi connectivity index (χ2n) is 2.61. The highest BCUT2D eigenvalue weighted by Gasteiger charge is 2.21. The van der Waals surface area contributed by atoms with Crippen LogP contribution in [0.4, 0.5) is 5.69 Å². The Morgan fingerprint density at radius 2 is 1.94 bits per heavy atom. The van der Waals surface area contributed by atoms with Gasteiger partial charge in [-0.05, 0) is 6.07 Å². The van der Waals surface area contributed by atoms with Crippen molar-refractivity contribution in [1.82, 2.24) is 0 Å². The molecule has 0 saturated heterocycles. The van der Waals surface area contributed by atoms with Crippen LogP contribution in [0.5, 0.6) is 11.5 Å². The molecule has 0 unspecified atom stereocenters. The van der Waals surface area contributed by atoms with Crippen molar-refractivity contribution in [3.63, 3.8) is 0 Å². The number of rotatable bonds is 3. The van der Waals surface area contributed by atoms with Gasteiger partial charge in [0.15, 0.2) is 5.75 Å². The summed E-state index contributed by atoms with van der Waals surface area (Å²) in [5.74, 6) is -2.27. The predicted molar refractivity (Wildman–Crippen MR) is 59.6 cm³/mol. The van der Waals surface area contributed by atoms with Gasteiger partial charge in [0.2, 0.25) is 5.75 Å². The fourth-order valence-corrected chi connectivity index (χ4v) is 1.01. The number of aromatic hydroxyl groups is 1. The number of methoxy groups -OCH3 is 1. The van der Waals surface area contributed by atoms with Crippen LogP contribution >= 0.6 is 0 Å². The van der Waals surface area contributed by atoms with Crippen LogP contribution in [0.25, 0.3) is 0 Å². The number of aromatic carboxylic acids is 1. The molecule has 0 spiro atoms. The lowest BCUT2D eigenvalue weighted by Crippen LogP contribution is -2.00. The van der Waals surface area contributed by atoms with Gasteiger partial charge in [-0.2, -0.15) is 0 Å². The third-order valence-corrected chi connectivity index (χ3v) is 1.72. The van der Waals surface area contributed by atoms with E-state index in [2.05, 4.69) is 4.74 Å². The maximum absolute atomic E-state index is 10.6. The Morgan fingerprint density at radius 1 is 1.41 bits per heavy atom. The van der Waals surface area contributed by atoms with Crippen LogP contribution in [0.1, 0.15) is 24.2 Å². The number of hydrogen-bond acceptors (Lipinski definition) is 5. The van der Waals surface area contributed by atoms with Crippen LogP contribution in [-0.2, 0) is 0 Å². The van der Waals surface area contributed by atoms with Crippen LogP contribution in [0, 0.1) is 10.1 Å². The Hall–Kier alpha value is -2.31. The molecule has 1 aromatic rings. The lowest BCUT2D eigenvalue weighted by atomic mass is 10.1. The van der Waals surface area contributed by atoms with E-state index in [9.17, 15) is 20.0 Å². The van der Waals surface area contributed by atoms with Gasteiger partial charge in [-0.25, -0.2) is 4.79 Å². The molecule has 0 aliphatic carbocycles. The molecule has 1 rings (SSSR count). The fraction of sp³-hybridized carbons (Fsp3) is 0.300. The predicted octanol–water partition coefficient (Wildman–Crippen LogP) is 2.03. The van der Waals surface area contributed by atoms with Crippen molar-refractivity contribution in [3.05, 3.63) is 27.8 Å². The van der Waals surface area contributed by atoms with Gasteiger partial charge < -0.3 is 14.9 Å². The summed E-state index contributed by atoms with van der Waals surface area (Å²) in [6.07, 6.45) is 0. The van der Waals surface area contributed by atoms with Gasteiger partial charge >= 0.3 is 11.7 Å². The summed E-state index contributed by atoms with van der Waals surface area (Å²) >= 11 is 0. The van der Waals surface area contributed by atoms with Crippen LogP contribution in [0.15, 0.2) is 12.1 Å². The standard InChI is InChI=1S/C8H7NO6.C2H6/c1-15-6-3-4(8(11)12)2-5(7(6)10)9(13)14;1-2/h2-3,10H,1H3,(H,11,12);1-2H3. The minimum Gasteiger partial charge on any atom is -0.500 e. The number of nitro groups is 1. The van der Waals surface area contributed by atoms with E-state index in [-0.39, 0.29) is 11.3 Å². The first-order valence-corrected chi connectivity index (χ1v) is 4.76. The number of carbonyl (C=O) groups is 1. The van der Waals surface area contributed by atoms with Crippen molar-refractivity contribution in [2.75, 3.05) is 7.11 Å². The molecule has 0 atom stereocenters. The smallest absolute Gasteiger partial charge is 0.336 e. The van der Waals surface area contributed by atoms with E-state index in [0.717, 1.165) is 12.1 Å². The molecule has 0 radical (unpaired) electrons. The number of nitrogens with zero attached hydrogens (tertiary/aromatic N) is 1. The molecule has 0 heterocycles. The maximum Gasteiger partial charge on any atom is 0.336 e. The first-order chi connectivity index (χ1) is 7.97. The number of hydrogen-bond donors (Lipinski definition) is 2. The zero-order valence-corrected chi connectivity index (χ0v) is 9.63. The van der Waals surface area contributed by atoms with Gasteiger partial charge in [0.25, 0.3) is 0 Å². The van der Waals surface area contributed by atoms with Crippen LogP contribution in [0.3, 0.4) is 0 Å². The molecule has 2 N–H and O–H groups in total. The zero-order valence-electron chi connectivity index (χ0n) is 9.63. The molecule has 0 aromatic heterocycles. The Balaban J connectivity index is 0.00000121. The second kappa shape index (κ2) is 6.31. The summed E-state index contributed by atoms with van der Waals surface area (Å²) in [6, 6.07) is 1.77. The average Bonchev–Trinajstić information content (AvgIpc) is 2.31. The number of phenols is 1. The lowest BCUT2D eigenvalue weighted by Gasteiger charge is -2.04. The Kier molecular flexibility index (Phi) is 5.45. The number of carboxylic acid groups (broad SMARTS) is 1. The first-order valence-electron chi connectivity index (χ1n) is 4.76. The lowest BCUT2D eigenvalue weighted by molar-refractivity contribution is -0.386. The van der Waals surface area contributed by atoms with Crippen molar-refractivity contribution in [1.29, 1.82) is 0 Å². The summed E-state index contributed by atoms with van der Waals surface area (Å²) in [5.41, 5.74) is -1.02. The monoisotopic (exact) mass is 243 g/mol. The number of ether oxygens (including phenoxy) is 1. The molecule has 17 heavy (non-hydrogen) atoms. The molecular formula is C10H13NO6. The molecule has 0 bridgehead atoms. The van der Waals surface area contributed by atoms with Crippen molar-refractivity contribution in [2.24, 2.45) is 0 Å². The van der Waals surface area contributed by atoms with E-state index in [4.69, 9.17) is 5.11 Å². The number of phenolic OH excluding ortho intramolecular Hbond substituents is 1. The summed E-state index contributed by atoms with van der Waals surface area (Å²) in [6.45, 7) is 4.00. The van der Waals surface area contributed by atoms with Gasteiger partial charge in [-0.3, -0.25) is 10.1 Å². The quantitative estimate of drug-likeness (QED) is 0.620. The summed E-state index contributed by atoms with van der Waals surface area (Å²) in [5, 5.41) is 28.4. The fourth-order valence-electron chi connectivity index (χ4n) is 1.01. The molecule has 0 saturated carbocycles. The molecule has 1 aromatic carbocycles. The SMILES string of the molecule is CC.COc1cc(C(=O)O)cc([N+](=O)[O-])c1O. The third-order valence-electron chi connectivity index (χ3n) is 1.72. The van der Waals surface area contributed by atoms with Crippen molar-refractivity contribution in [3.8, 4) is 11.5 Å². The number of carboxylic acids is 1. The normalized spacial score (nSPS) is 8.88. The molecule has 7 nitrogen and oxygen atoms in total. The van der Waals surface area contributed by atoms with Crippen LogP contribution < -0.4 is 4.74 Å². The summed E-state index contributed by atoms with van der Waals surface area (Å²) in [4.78, 5) is 20.2. The van der Waals surface area contributed by atoms with Gasteiger partial charge in [0, 0.05) is 6.07 Å². The minimum atomic E-state index is -1.34. The highest BCUT2D eigenvalue weighted by molar-refractivity contribution is 5.90. The Morgan fingerprint density at radius 3 is 2.29 bits per heavy atom. The van der Waals surface area contributed by atoms with Gasteiger partial charge in [0.1, 0.15) is 0 Å². The number of nitro benzene ring substituents is 1. The topological polar surface area (TPSA) is 110 Å². The van der Waals surface area contributed by atoms with Gasteiger partial charge in [0.05, 0.1) is 17.6 Å². The molecular weight excluding hydrogens is 230 g/mol. The molecule has 7 heteroatoms. The molecule has 94 valence electrons. The number of benzene rings is 1. The van der Waals surface area contributed by atoms with E-state index < -0.39 is 22.3 Å². The van der Waals surface area contributed by atoms with E-state index in [0.29, 0.717) is 0 Å². The van der Waals surface area contributed by atoms with E-state index in [1.165, 1.54) is 7.11 Å². The minimum absolute atomic E-state index is 0.249.